The fraction of sp³-hybridized carbons (Fsp3) is 0.143. The van der Waals surface area contributed by atoms with Crippen molar-refractivity contribution in [2.24, 2.45) is 0 Å². The lowest BCUT2D eigenvalue weighted by Gasteiger charge is -2.03. The zero-order chi connectivity index (χ0) is 10.0. The third-order valence-corrected chi connectivity index (χ3v) is 2.00. The van der Waals surface area contributed by atoms with Gasteiger partial charge in [-0.1, -0.05) is 23.9 Å². The summed E-state index contributed by atoms with van der Waals surface area (Å²) >= 11 is 5.68. The van der Waals surface area contributed by atoms with Crippen LogP contribution in [0.4, 0.5) is 11.4 Å². The minimum Gasteiger partial charge on any atom is -0.394 e. The molecule has 0 unspecified atom stereocenters. The van der Waals surface area contributed by atoms with Crippen molar-refractivity contribution in [3.63, 3.8) is 0 Å². The van der Waals surface area contributed by atoms with Gasteiger partial charge in [0.25, 0.3) is 5.69 Å². The van der Waals surface area contributed by atoms with E-state index in [1.54, 1.807) is 6.07 Å². The van der Waals surface area contributed by atoms with Crippen LogP contribution >= 0.6 is 11.6 Å². The number of nitro groups is 1. The van der Waals surface area contributed by atoms with Crippen LogP contribution in [0.25, 0.3) is 0 Å². The molecule has 0 amide bonds. The number of halogens is 1. The van der Waals surface area contributed by atoms with Crippen LogP contribution in [0.3, 0.4) is 0 Å². The molecular weight excluding hydrogens is 190 g/mol. The van der Waals surface area contributed by atoms with Gasteiger partial charge in [-0.25, -0.2) is 0 Å². The number of hydrogen-bond donors (Lipinski definition) is 1. The first-order valence-electron chi connectivity index (χ1n) is 3.78. The molecule has 0 saturated heterocycles. The van der Waals surface area contributed by atoms with Gasteiger partial charge in [0.05, 0.1) is 4.92 Å². The number of hydrogen-bond acceptors (Lipinski definition) is 3. The molecule has 0 heterocycles. The average Bonchev–Trinajstić information content (AvgIpc) is 2.08. The van der Waals surface area contributed by atoms with Gasteiger partial charge in [0.1, 0.15) is 5.69 Å². The SMILES string of the molecule is CBc1cc(Cl)cc([N+](=O)[O-])c1N. The molecule has 0 aliphatic carbocycles. The number of anilines is 1. The lowest BCUT2D eigenvalue weighted by atomic mass is 9.72. The topological polar surface area (TPSA) is 69.2 Å². The second kappa shape index (κ2) is 3.66. The predicted octanol–water partition coefficient (Wildman–Crippen LogP) is 0.940. The highest BCUT2D eigenvalue weighted by atomic mass is 35.5. The highest BCUT2D eigenvalue weighted by molar-refractivity contribution is 6.55. The summed E-state index contributed by atoms with van der Waals surface area (Å²) in [6.07, 6.45) is 0. The molecule has 0 radical (unpaired) electrons. The number of nitrogen functional groups attached to an aromatic ring is 1. The van der Waals surface area contributed by atoms with E-state index >= 15 is 0 Å². The smallest absolute Gasteiger partial charge is 0.293 e. The Morgan fingerprint density at radius 2 is 2.23 bits per heavy atom. The molecule has 0 spiro atoms. The molecule has 0 atom stereocenters. The quantitative estimate of drug-likeness (QED) is 0.333. The van der Waals surface area contributed by atoms with E-state index in [1.165, 1.54) is 6.07 Å². The van der Waals surface area contributed by atoms with E-state index in [0.29, 0.717) is 17.8 Å². The Balaban J connectivity index is 3.35. The van der Waals surface area contributed by atoms with Crippen LogP contribution in [0.15, 0.2) is 12.1 Å². The molecule has 0 bridgehead atoms. The minimum absolute atomic E-state index is 0.121. The van der Waals surface area contributed by atoms with Crippen molar-refractivity contribution in [1.29, 1.82) is 0 Å². The first-order valence-corrected chi connectivity index (χ1v) is 4.16. The van der Waals surface area contributed by atoms with Crippen molar-refractivity contribution < 1.29 is 4.92 Å². The summed E-state index contributed by atoms with van der Waals surface area (Å²) in [5.41, 5.74) is 6.36. The van der Waals surface area contributed by atoms with E-state index in [1.807, 2.05) is 6.82 Å². The number of nitro benzene ring substituents is 1. The van der Waals surface area contributed by atoms with Crippen LogP contribution in [-0.2, 0) is 0 Å². The van der Waals surface area contributed by atoms with Crippen molar-refractivity contribution in [3.05, 3.63) is 27.3 Å². The first kappa shape index (κ1) is 9.86. The summed E-state index contributed by atoms with van der Waals surface area (Å²) in [5, 5.41) is 10.9. The van der Waals surface area contributed by atoms with Crippen LogP contribution in [-0.4, -0.2) is 12.2 Å². The zero-order valence-corrected chi connectivity index (χ0v) is 7.84. The summed E-state index contributed by atoms with van der Waals surface area (Å²) in [4.78, 5) is 9.98. The van der Waals surface area contributed by atoms with E-state index < -0.39 is 4.92 Å². The van der Waals surface area contributed by atoms with E-state index in [4.69, 9.17) is 17.3 Å². The number of rotatable bonds is 2. The molecule has 2 N–H and O–H groups in total. The summed E-state index contributed by atoms with van der Waals surface area (Å²) in [6, 6.07) is 2.90. The lowest BCUT2D eigenvalue weighted by molar-refractivity contribution is -0.383. The number of nitrogens with zero attached hydrogens (tertiary/aromatic N) is 1. The van der Waals surface area contributed by atoms with Gasteiger partial charge in [-0.05, 0) is 6.07 Å². The third-order valence-electron chi connectivity index (χ3n) is 1.79. The fourth-order valence-corrected chi connectivity index (χ4v) is 1.34. The Morgan fingerprint density at radius 3 is 2.69 bits per heavy atom. The Labute approximate surface area is 81.1 Å². The molecule has 1 rings (SSSR count). The van der Waals surface area contributed by atoms with Gasteiger partial charge in [0.15, 0.2) is 7.28 Å². The Bertz CT molecular complexity index is 357. The molecule has 13 heavy (non-hydrogen) atoms. The maximum absolute atomic E-state index is 10.5. The van der Waals surface area contributed by atoms with Gasteiger partial charge >= 0.3 is 0 Å². The molecule has 68 valence electrons. The van der Waals surface area contributed by atoms with Crippen molar-refractivity contribution in [1.82, 2.24) is 0 Å². The highest BCUT2D eigenvalue weighted by Crippen LogP contribution is 2.22. The maximum atomic E-state index is 10.5. The van der Waals surface area contributed by atoms with E-state index in [9.17, 15) is 10.1 Å². The molecule has 1 aromatic rings. The highest BCUT2D eigenvalue weighted by Gasteiger charge is 2.15. The predicted molar refractivity (Wildman–Crippen MR) is 55.2 cm³/mol. The van der Waals surface area contributed by atoms with Crippen LogP contribution in [0.5, 0.6) is 0 Å². The monoisotopic (exact) mass is 198 g/mol. The molecule has 0 fully saturated rings. The second-order valence-electron chi connectivity index (χ2n) is 2.61. The fourth-order valence-electron chi connectivity index (χ4n) is 1.10. The molecule has 1 aromatic carbocycles. The Morgan fingerprint density at radius 1 is 1.62 bits per heavy atom. The minimum atomic E-state index is -0.527. The summed E-state index contributed by atoms with van der Waals surface area (Å²) in [6.45, 7) is 1.87. The van der Waals surface area contributed by atoms with Gasteiger partial charge < -0.3 is 5.73 Å². The summed E-state index contributed by atoms with van der Waals surface area (Å²) in [5.74, 6) is 0. The lowest BCUT2D eigenvalue weighted by Crippen LogP contribution is -2.17. The van der Waals surface area contributed by atoms with Crippen molar-refractivity contribution in [3.8, 4) is 0 Å². The third kappa shape index (κ3) is 1.92. The number of nitrogens with two attached hydrogens (primary N) is 1. The molecule has 0 aliphatic rings. The van der Waals surface area contributed by atoms with Crippen molar-refractivity contribution in [2.45, 2.75) is 6.82 Å². The maximum Gasteiger partial charge on any atom is 0.293 e. The summed E-state index contributed by atoms with van der Waals surface area (Å²) in [7, 11) is 0.632. The van der Waals surface area contributed by atoms with Gasteiger partial charge in [0, 0.05) is 11.1 Å². The van der Waals surface area contributed by atoms with Crippen LogP contribution in [0.2, 0.25) is 11.8 Å². The van der Waals surface area contributed by atoms with Crippen molar-refractivity contribution >= 4 is 35.7 Å². The van der Waals surface area contributed by atoms with Crippen LogP contribution < -0.4 is 11.2 Å². The average molecular weight is 198 g/mol. The van der Waals surface area contributed by atoms with Crippen LogP contribution in [0.1, 0.15) is 0 Å². The van der Waals surface area contributed by atoms with Gasteiger partial charge in [0.2, 0.25) is 0 Å². The molecular formula is C7H8BClN2O2. The molecule has 0 aromatic heterocycles. The zero-order valence-electron chi connectivity index (χ0n) is 7.08. The van der Waals surface area contributed by atoms with E-state index in [-0.39, 0.29) is 11.4 Å². The van der Waals surface area contributed by atoms with Gasteiger partial charge in [-0.15, -0.1) is 0 Å². The first-order chi connectivity index (χ1) is 6.06. The Hall–Kier alpha value is -1.23. The van der Waals surface area contributed by atoms with Gasteiger partial charge in [-0.2, -0.15) is 0 Å². The van der Waals surface area contributed by atoms with Crippen LogP contribution in [0, 0.1) is 10.1 Å². The second-order valence-corrected chi connectivity index (χ2v) is 3.04. The molecule has 6 heteroatoms. The normalized spacial score (nSPS) is 9.69. The van der Waals surface area contributed by atoms with Gasteiger partial charge in [-0.3, -0.25) is 10.1 Å². The molecule has 4 nitrogen and oxygen atoms in total. The molecule has 0 saturated carbocycles. The summed E-state index contributed by atoms with van der Waals surface area (Å²) < 4.78 is 0. The number of benzene rings is 1. The largest absolute Gasteiger partial charge is 0.394 e. The van der Waals surface area contributed by atoms with E-state index in [2.05, 4.69) is 0 Å². The van der Waals surface area contributed by atoms with Crippen molar-refractivity contribution in [2.75, 3.05) is 5.73 Å². The standard InChI is InChI=1S/C7H8BClN2O2/c1-8-5-2-4(9)3-6(7(5)10)11(12)13/h2-3,8H,10H2,1H3. The van der Waals surface area contributed by atoms with E-state index in [0.717, 1.165) is 0 Å². The Kier molecular flexibility index (Phi) is 2.77. The molecule has 0 aliphatic heterocycles.